The molecule has 0 aromatic heterocycles. The fraction of sp³-hybridized carbons (Fsp3) is 0.217. The molecule has 1 aliphatic carbocycles. The second-order valence-corrected chi connectivity index (χ2v) is 7.46. The molecule has 28 heavy (non-hydrogen) atoms. The lowest BCUT2D eigenvalue weighted by Crippen LogP contribution is -2.26. The van der Waals surface area contributed by atoms with E-state index in [4.69, 9.17) is 16.6 Å². The van der Waals surface area contributed by atoms with E-state index in [0.717, 1.165) is 23.3 Å². The smallest absolute Gasteiger partial charge is 0.249 e. The van der Waals surface area contributed by atoms with E-state index in [2.05, 4.69) is 17.4 Å². The third-order valence-corrected chi connectivity index (χ3v) is 5.22. The van der Waals surface area contributed by atoms with Gasteiger partial charge in [-0.2, -0.15) is 0 Å². The molecule has 1 heterocycles. The number of allylic oxidation sites excluding steroid dienone is 2. The van der Waals surface area contributed by atoms with Crippen molar-refractivity contribution in [2.75, 3.05) is 5.32 Å². The molecule has 4 rings (SSSR count). The van der Waals surface area contributed by atoms with Gasteiger partial charge in [0.05, 0.1) is 17.5 Å². The summed E-state index contributed by atoms with van der Waals surface area (Å²) in [4.78, 5) is 17.7. The monoisotopic (exact) mass is 392 g/mol. The van der Waals surface area contributed by atoms with Crippen LogP contribution in [0, 0.1) is 0 Å². The maximum absolute atomic E-state index is 12.8. The molecule has 0 saturated carbocycles. The Hall–Kier alpha value is -2.69. The zero-order chi connectivity index (χ0) is 19.5. The summed E-state index contributed by atoms with van der Waals surface area (Å²) in [6, 6.07) is 15.0. The van der Waals surface area contributed by atoms with E-state index in [1.807, 2.05) is 42.5 Å². The van der Waals surface area contributed by atoms with Gasteiger partial charge in [-0.3, -0.25) is 9.79 Å². The molecule has 4 nitrogen and oxygen atoms in total. The van der Waals surface area contributed by atoms with Gasteiger partial charge in [0.2, 0.25) is 5.91 Å². The number of benzodiazepines with no additional fused rings is 1. The average Bonchev–Trinajstić information content (AvgIpc) is 2.84. The summed E-state index contributed by atoms with van der Waals surface area (Å²) in [5.41, 5.74) is 4.31. The van der Waals surface area contributed by atoms with Gasteiger partial charge in [-0.05, 0) is 48.6 Å². The van der Waals surface area contributed by atoms with Crippen LogP contribution in [0.5, 0.6) is 0 Å². The molecule has 142 valence electrons. The molecule has 2 aliphatic rings. The van der Waals surface area contributed by atoms with E-state index in [1.165, 1.54) is 5.56 Å². The molecule has 2 N–H and O–H groups in total. The Morgan fingerprint density at radius 2 is 2.00 bits per heavy atom. The predicted octanol–water partition coefficient (Wildman–Crippen LogP) is 4.33. The van der Waals surface area contributed by atoms with Gasteiger partial charge in [-0.25, -0.2) is 0 Å². The number of aliphatic hydroxyl groups is 1. The summed E-state index contributed by atoms with van der Waals surface area (Å²) in [5, 5.41) is 13.4. The van der Waals surface area contributed by atoms with Crippen LogP contribution in [0.15, 0.2) is 77.3 Å². The third-order valence-electron chi connectivity index (χ3n) is 4.98. The van der Waals surface area contributed by atoms with Crippen LogP contribution in [0.25, 0.3) is 0 Å². The van der Waals surface area contributed by atoms with Crippen LogP contribution in [0.4, 0.5) is 5.69 Å². The number of carbonyl (C=O) groups excluding carboxylic acids is 1. The molecule has 2 atom stereocenters. The second kappa shape index (κ2) is 8.13. The van der Waals surface area contributed by atoms with Crippen molar-refractivity contribution >= 4 is 28.9 Å². The molecular formula is C23H21ClN2O2. The summed E-state index contributed by atoms with van der Waals surface area (Å²) in [7, 11) is 0. The highest BCUT2D eigenvalue weighted by Gasteiger charge is 2.26. The maximum atomic E-state index is 12.8. The van der Waals surface area contributed by atoms with Gasteiger partial charge in [-0.1, -0.05) is 60.2 Å². The quantitative estimate of drug-likeness (QED) is 0.813. The van der Waals surface area contributed by atoms with E-state index in [1.54, 1.807) is 12.1 Å². The van der Waals surface area contributed by atoms with Crippen LogP contribution in [0.2, 0.25) is 5.02 Å². The third kappa shape index (κ3) is 4.08. The number of fused-ring (bicyclic) bond motifs is 1. The summed E-state index contributed by atoms with van der Waals surface area (Å²) < 4.78 is 0. The largest absolute Gasteiger partial charge is 0.389 e. The van der Waals surface area contributed by atoms with Crippen LogP contribution in [0.1, 0.15) is 24.0 Å². The molecule has 2 aromatic rings. The van der Waals surface area contributed by atoms with Crippen molar-refractivity contribution in [3.8, 4) is 0 Å². The number of amides is 1. The minimum Gasteiger partial charge on any atom is -0.389 e. The Morgan fingerprint density at radius 1 is 1.18 bits per heavy atom. The lowest BCUT2D eigenvalue weighted by molar-refractivity contribution is -0.117. The summed E-state index contributed by atoms with van der Waals surface area (Å²) in [6.07, 6.45) is 6.99. The number of aliphatic imine (C=N–C) groups is 1. The average molecular weight is 393 g/mol. The zero-order valence-electron chi connectivity index (χ0n) is 15.3. The molecular weight excluding hydrogens is 372 g/mol. The lowest BCUT2D eigenvalue weighted by atomic mass is 9.95. The van der Waals surface area contributed by atoms with E-state index in [0.29, 0.717) is 23.6 Å². The number of aliphatic hydroxyl groups excluding tert-OH is 1. The van der Waals surface area contributed by atoms with Gasteiger partial charge < -0.3 is 10.4 Å². The Bertz CT molecular complexity index is 979. The minimum absolute atomic E-state index is 0.116. The van der Waals surface area contributed by atoms with Gasteiger partial charge in [0.1, 0.15) is 6.04 Å². The molecule has 0 spiro atoms. The minimum atomic E-state index is -0.498. The van der Waals surface area contributed by atoms with Crippen LogP contribution in [-0.2, 0) is 11.2 Å². The number of benzene rings is 2. The summed E-state index contributed by atoms with van der Waals surface area (Å²) >= 11 is 6.23. The van der Waals surface area contributed by atoms with Gasteiger partial charge >= 0.3 is 0 Å². The summed E-state index contributed by atoms with van der Waals surface area (Å²) in [6.45, 7) is 0. The van der Waals surface area contributed by atoms with E-state index < -0.39 is 12.1 Å². The fourth-order valence-corrected chi connectivity index (χ4v) is 3.65. The zero-order valence-corrected chi connectivity index (χ0v) is 16.1. The van der Waals surface area contributed by atoms with Gasteiger partial charge in [0.25, 0.3) is 0 Å². The number of rotatable bonds is 4. The van der Waals surface area contributed by atoms with Crippen molar-refractivity contribution in [3.05, 3.63) is 88.5 Å². The van der Waals surface area contributed by atoms with Crippen molar-refractivity contribution < 1.29 is 9.90 Å². The first-order chi connectivity index (χ1) is 13.6. The van der Waals surface area contributed by atoms with Gasteiger partial charge in [0, 0.05) is 10.6 Å². The van der Waals surface area contributed by atoms with Crippen molar-refractivity contribution in [3.63, 3.8) is 0 Å². The SMILES string of the molecule is O=C1Nc2ccc(Cl)cc2C(C2=CCC(O)C=C2)=NC1CCc1ccccc1. The van der Waals surface area contributed by atoms with Crippen LogP contribution in [0.3, 0.4) is 0 Å². The Kier molecular flexibility index (Phi) is 5.42. The molecule has 0 fully saturated rings. The number of hydrogen-bond acceptors (Lipinski definition) is 3. The first-order valence-corrected chi connectivity index (χ1v) is 9.77. The van der Waals surface area contributed by atoms with E-state index >= 15 is 0 Å². The number of halogens is 1. The van der Waals surface area contributed by atoms with Crippen molar-refractivity contribution in [1.82, 2.24) is 0 Å². The predicted molar refractivity (Wildman–Crippen MR) is 113 cm³/mol. The molecule has 1 amide bonds. The normalized spacial score (nSPS) is 21.3. The lowest BCUT2D eigenvalue weighted by Gasteiger charge is -2.15. The highest BCUT2D eigenvalue weighted by atomic mass is 35.5. The molecule has 5 heteroatoms. The van der Waals surface area contributed by atoms with E-state index in [9.17, 15) is 9.90 Å². The van der Waals surface area contributed by atoms with E-state index in [-0.39, 0.29) is 5.91 Å². The highest BCUT2D eigenvalue weighted by molar-refractivity contribution is 6.32. The standard InChI is InChI=1S/C23H21ClN2O2/c24-17-9-13-20-19(14-17)22(16-7-10-18(27)11-8-16)25-21(23(28)26-20)12-6-15-4-2-1-3-5-15/h1-5,7-10,13-14,18,21,27H,6,11-12H2,(H,26,28). The fourth-order valence-electron chi connectivity index (χ4n) is 3.48. The number of anilines is 1. The van der Waals surface area contributed by atoms with Gasteiger partial charge in [0.15, 0.2) is 0 Å². The van der Waals surface area contributed by atoms with Crippen molar-refractivity contribution in [1.29, 1.82) is 0 Å². The first-order valence-electron chi connectivity index (χ1n) is 9.39. The van der Waals surface area contributed by atoms with Crippen LogP contribution in [-0.4, -0.2) is 28.9 Å². The molecule has 0 bridgehead atoms. The first kappa shape index (κ1) is 18.7. The Balaban J connectivity index is 1.70. The second-order valence-electron chi connectivity index (χ2n) is 7.02. The Morgan fingerprint density at radius 3 is 2.75 bits per heavy atom. The number of carbonyl (C=O) groups is 1. The Labute approximate surface area is 169 Å². The summed E-state index contributed by atoms with van der Waals surface area (Å²) in [5.74, 6) is -0.116. The number of nitrogens with one attached hydrogen (secondary N) is 1. The van der Waals surface area contributed by atoms with Crippen molar-refractivity contribution in [2.24, 2.45) is 4.99 Å². The van der Waals surface area contributed by atoms with Crippen LogP contribution < -0.4 is 5.32 Å². The molecule has 1 aliphatic heterocycles. The topological polar surface area (TPSA) is 61.7 Å². The molecule has 2 unspecified atom stereocenters. The maximum Gasteiger partial charge on any atom is 0.249 e. The van der Waals surface area contributed by atoms with Crippen LogP contribution >= 0.6 is 11.6 Å². The number of hydrogen-bond donors (Lipinski definition) is 2. The molecule has 0 saturated heterocycles. The highest BCUT2D eigenvalue weighted by Crippen LogP contribution is 2.29. The number of aryl methyl sites for hydroxylation is 1. The number of nitrogens with zero attached hydrogens (tertiary/aromatic N) is 1. The molecule has 0 radical (unpaired) electrons. The van der Waals surface area contributed by atoms with Crippen molar-refractivity contribution in [2.45, 2.75) is 31.4 Å². The molecule has 2 aromatic carbocycles. The van der Waals surface area contributed by atoms with Gasteiger partial charge in [-0.15, -0.1) is 0 Å².